The van der Waals surface area contributed by atoms with Crippen molar-refractivity contribution in [1.82, 2.24) is 20.4 Å². The molecular formula is C24H42IN5O. The Hall–Kier alpha value is -0.900. The van der Waals surface area contributed by atoms with Crippen LogP contribution in [0.4, 0.5) is 0 Å². The highest BCUT2D eigenvalue weighted by Crippen LogP contribution is 2.15. The van der Waals surface area contributed by atoms with Crippen LogP contribution in [0.3, 0.4) is 0 Å². The Morgan fingerprint density at radius 3 is 2.23 bits per heavy atom. The number of ether oxygens (including phenoxy) is 1. The van der Waals surface area contributed by atoms with Gasteiger partial charge >= 0.3 is 0 Å². The molecule has 2 aliphatic rings. The number of hydrogen-bond donors (Lipinski definition) is 2. The number of hydrogen-bond acceptors (Lipinski definition) is 4. The topological polar surface area (TPSA) is 52.1 Å². The number of halogens is 1. The summed E-state index contributed by atoms with van der Waals surface area (Å²) in [5.74, 6) is 0.907. The standard InChI is InChI=1S/C24H41N5O.HI/c1-5-12-28-13-10-23(11-14-28)27-24(25-4)26-15-21-6-8-22(9-7-21)18-29-16-19(2)30-20(3)17-29;/h6-9,19-20,23H,5,10-18H2,1-4H3,(H2,25,26,27);1H. The largest absolute Gasteiger partial charge is 0.373 e. The quantitative estimate of drug-likeness (QED) is 0.314. The van der Waals surface area contributed by atoms with Gasteiger partial charge in [0.05, 0.1) is 12.2 Å². The van der Waals surface area contributed by atoms with Gasteiger partial charge in [-0.25, -0.2) is 0 Å². The zero-order chi connectivity index (χ0) is 21.3. The normalized spacial score (nSPS) is 23.9. The maximum absolute atomic E-state index is 5.84. The van der Waals surface area contributed by atoms with Crippen LogP contribution in [0.1, 0.15) is 51.2 Å². The van der Waals surface area contributed by atoms with Crippen LogP contribution in [0.2, 0.25) is 0 Å². The van der Waals surface area contributed by atoms with Crippen LogP contribution in [0.5, 0.6) is 0 Å². The average molecular weight is 544 g/mol. The Bertz CT molecular complexity index is 650. The molecule has 176 valence electrons. The molecule has 0 saturated carbocycles. The third-order valence-electron chi connectivity index (χ3n) is 6.08. The molecule has 6 nitrogen and oxygen atoms in total. The van der Waals surface area contributed by atoms with Gasteiger partial charge in [-0.1, -0.05) is 31.2 Å². The number of guanidine groups is 1. The van der Waals surface area contributed by atoms with Crippen LogP contribution in [-0.4, -0.2) is 73.8 Å². The number of rotatable bonds is 7. The molecule has 2 aliphatic heterocycles. The van der Waals surface area contributed by atoms with Crippen LogP contribution in [0.25, 0.3) is 0 Å². The summed E-state index contributed by atoms with van der Waals surface area (Å²) in [5.41, 5.74) is 2.64. The first-order valence-electron chi connectivity index (χ1n) is 11.7. The van der Waals surface area contributed by atoms with Gasteiger partial charge in [0, 0.05) is 52.4 Å². The summed E-state index contributed by atoms with van der Waals surface area (Å²) in [7, 11) is 1.86. The van der Waals surface area contributed by atoms with Gasteiger partial charge in [-0.05, 0) is 50.8 Å². The second-order valence-electron chi connectivity index (χ2n) is 8.95. The van der Waals surface area contributed by atoms with E-state index >= 15 is 0 Å². The molecule has 1 aromatic rings. The summed E-state index contributed by atoms with van der Waals surface area (Å²) >= 11 is 0. The fourth-order valence-electron chi connectivity index (χ4n) is 4.63. The molecule has 2 heterocycles. The van der Waals surface area contributed by atoms with Crippen molar-refractivity contribution in [2.24, 2.45) is 4.99 Å². The predicted octanol–water partition coefficient (Wildman–Crippen LogP) is 3.45. The zero-order valence-electron chi connectivity index (χ0n) is 19.8. The van der Waals surface area contributed by atoms with E-state index in [1.54, 1.807) is 0 Å². The van der Waals surface area contributed by atoms with E-state index in [9.17, 15) is 0 Å². The number of morpholine rings is 1. The average Bonchev–Trinajstić information content (AvgIpc) is 2.73. The fraction of sp³-hybridized carbons (Fsp3) is 0.708. The molecular weight excluding hydrogens is 501 g/mol. The van der Waals surface area contributed by atoms with E-state index in [4.69, 9.17) is 4.74 Å². The lowest BCUT2D eigenvalue weighted by atomic mass is 10.1. The van der Waals surface area contributed by atoms with Gasteiger partial charge < -0.3 is 20.3 Å². The highest BCUT2D eigenvalue weighted by Gasteiger charge is 2.22. The van der Waals surface area contributed by atoms with Gasteiger partial charge in [0.1, 0.15) is 0 Å². The Morgan fingerprint density at radius 2 is 1.65 bits per heavy atom. The first-order chi connectivity index (χ1) is 14.6. The molecule has 2 atom stereocenters. The molecule has 0 aliphatic carbocycles. The third kappa shape index (κ3) is 8.86. The van der Waals surface area contributed by atoms with Crippen LogP contribution in [0.15, 0.2) is 29.3 Å². The minimum Gasteiger partial charge on any atom is -0.373 e. The molecule has 1 aromatic carbocycles. The lowest BCUT2D eigenvalue weighted by Gasteiger charge is -2.35. The molecule has 31 heavy (non-hydrogen) atoms. The molecule has 2 fully saturated rings. The Kier molecular flexibility index (Phi) is 11.6. The molecule has 0 spiro atoms. The van der Waals surface area contributed by atoms with Crippen molar-refractivity contribution >= 4 is 29.9 Å². The van der Waals surface area contributed by atoms with Gasteiger partial charge in [-0.3, -0.25) is 9.89 Å². The van der Waals surface area contributed by atoms with Gasteiger partial charge in [0.2, 0.25) is 0 Å². The van der Waals surface area contributed by atoms with Gasteiger partial charge in [0.15, 0.2) is 5.96 Å². The van der Waals surface area contributed by atoms with Crippen LogP contribution >= 0.6 is 24.0 Å². The summed E-state index contributed by atoms with van der Waals surface area (Å²) in [5, 5.41) is 7.09. The van der Waals surface area contributed by atoms with E-state index in [2.05, 4.69) is 70.5 Å². The monoisotopic (exact) mass is 543 g/mol. The number of piperidine rings is 1. The second kappa shape index (κ2) is 13.6. The van der Waals surface area contributed by atoms with Crippen molar-refractivity contribution in [3.63, 3.8) is 0 Å². The van der Waals surface area contributed by atoms with Crippen molar-refractivity contribution in [3.8, 4) is 0 Å². The van der Waals surface area contributed by atoms with E-state index in [1.165, 1.54) is 50.0 Å². The summed E-state index contributed by atoms with van der Waals surface area (Å²) in [6, 6.07) is 9.48. The molecule has 0 aromatic heterocycles. The highest BCUT2D eigenvalue weighted by atomic mass is 127. The number of aliphatic imine (C=N–C) groups is 1. The molecule has 0 amide bonds. The molecule has 3 rings (SSSR count). The number of nitrogens with zero attached hydrogens (tertiary/aromatic N) is 3. The molecule has 2 N–H and O–H groups in total. The fourth-order valence-corrected chi connectivity index (χ4v) is 4.63. The summed E-state index contributed by atoms with van der Waals surface area (Å²) in [4.78, 5) is 9.48. The number of benzene rings is 1. The zero-order valence-corrected chi connectivity index (χ0v) is 22.1. The summed E-state index contributed by atoms with van der Waals surface area (Å²) in [6.07, 6.45) is 4.25. The van der Waals surface area contributed by atoms with Crippen LogP contribution in [-0.2, 0) is 17.8 Å². The Balaban J connectivity index is 0.00000341. The highest BCUT2D eigenvalue weighted by molar-refractivity contribution is 14.0. The number of likely N-dealkylation sites (tertiary alicyclic amines) is 1. The van der Waals surface area contributed by atoms with Crippen LogP contribution in [0, 0.1) is 0 Å². The lowest BCUT2D eigenvalue weighted by Crippen LogP contribution is -2.48. The predicted molar refractivity (Wildman–Crippen MR) is 140 cm³/mol. The third-order valence-corrected chi connectivity index (χ3v) is 6.08. The van der Waals surface area contributed by atoms with Gasteiger partial charge in [0.25, 0.3) is 0 Å². The van der Waals surface area contributed by atoms with Crippen molar-refractivity contribution < 1.29 is 4.74 Å². The second-order valence-corrected chi connectivity index (χ2v) is 8.95. The van der Waals surface area contributed by atoms with Gasteiger partial charge in [-0.2, -0.15) is 0 Å². The minimum atomic E-state index is 0. The van der Waals surface area contributed by atoms with Crippen LogP contribution < -0.4 is 10.6 Å². The first kappa shape index (κ1) is 26.4. The summed E-state index contributed by atoms with van der Waals surface area (Å²) < 4.78 is 5.84. The van der Waals surface area contributed by atoms with Crippen molar-refractivity contribution in [2.75, 3.05) is 39.8 Å². The maximum Gasteiger partial charge on any atom is 0.191 e. The summed E-state index contributed by atoms with van der Waals surface area (Å²) in [6.45, 7) is 14.0. The van der Waals surface area contributed by atoms with Crippen molar-refractivity contribution in [2.45, 2.75) is 71.4 Å². The maximum atomic E-state index is 5.84. The molecule has 0 radical (unpaired) electrons. The van der Waals surface area contributed by atoms with E-state index in [0.29, 0.717) is 18.2 Å². The van der Waals surface area contributed by atoms with Gasteiger partial charge in [-0.15, -0.1) is 24.0 Å². The molecule has 2 unspecified atom stereocenters. The minimum absolute atomic E-state index is 0. The van der Waals surface area contributed by atoms with Crippen molar-refractivity contribution in [1.29, 1.82) is 0 Å². The number of nitrogens with one attached hydrogen (secondary N) is 2. The molecule has 2 saturated heterocycles. The molecule has 0 bridgehead atoms. The Labute approximate surface area is 206 Å². The van der Waals surface area contributed by atoms with E-state index in [1.807, 2.05) is 7.05 Å². The van der Waals surface area contributed by atoms with Crippen molar-refractivity contribution in [3.05, 3.63) is 35.4 Å². The first-order valence-corrected chi connectivity index (χ1v) is 11.7. The lowest BCUT2D eigenvalue weighted by molar-refractivity contribution is -0.0704. The van der Waals surface area contributed by atoms with E-state index < -0.39 is 0 Å². The smallest absolute Gasteiger partial charge is 0.191 e. The molecule has 7 heteroatoms. The SMILES string of the molecule is CCCN1CCC(NC(=NC)NCc2ccc(CN3CC(C)OC(C)C3)cc2)CC1.I. The van der Waals surface area contributed by atoms with E-state index in [0.717, 1.165) is 32.1 Å². The van der Waals surface area contributed by atoms with E-state index in [-0.39, 0.29) is 24.0 Å². The Morgan fingerprint density at radius 1 is 1.03 bits per heavy atom.